The second kappa shape index (κ2) is 4.49. The average molecular weight is 295 g/mol. The molecule has 0 bridgehead atoms. The Morgan fingerprint density at radius 3 is 2.57 bits per heavy atom. The summed E-state index contributed by atoms with van der Waals surface area (Å²) in [6.45, 7) is 0. The number of thiophene rings is 1. The van der Waals surface area contributed by atoms with Gasteiger partial charge >= 0.3 is 0 Å². The monoisotopic (exact) mass is 295 g/mol. The molecule has 0 aliphatic rings. The van der Waals surface area contributed by atoms with Crippen LogP contribution < -0.4 is 5.73 Å². The third-order valence-corrected chi connectivity index (χ3v) is 4.27. The Balaban J connectivity index is 2.06. The van der Waals surface area contributed by atoms with E-state index >= 15 is 0 Å². The summed E-state index contributed by atoms with van der Waals surface area (Å²) in [5.74, 6) is 0.725. The van der Waals surface area contributed by atoms with Gasteiger partial charge in [-0.25, -0.2) is 14.4 Å². The molecule has 0 amide bonds. The summed E-state index contributed by atoms with van der Waals surface area (Å²) in [5.41, 5.74) is 6.78. The van der Waals surface area contributed by atoms with Crippen molar-refractivity contribution in [2.24, 2.45) is 0 Å². The number of hydrogen-bond donors (Lipinski definition) is 1. The van der Waals surface area contributed by atoms with Gasteiger partial charge in [0.15, 0.2) is 5.82 Å². The molecule has 0 saturated carbocycles. The van der Waals surface area contributed by atoms with E-state index in [4.69, 9.17) is 5.73 Å². The lowest BCUT2D eigenvalue weighted by Gasteiger charge is -2.07. The van der Waals surface area contributed by atoms with Gasteiger partial charge in [-0.1, -0.05) is 24.3 Å². The van der Waals surface area contributed by atoms with Gasteiger partial charge in [-0.15, -0.1) is 11.3 Å². The van der Waals surface area contributed by atoms with Crippen molar-refractivity contribution in [1.82, 2.24) is 9.97 Å². The number of fused-ring (bicyclic) bond motifs is 2. The summed E-state index contributed by atoms with van der Waals surface area (Å²) in [6.07, 6.45) is 0. The molecule has 4 aromatic rings. The highest BCUT2D eigenvalue weighted by atomic mass is 32.1. The molecule has 2 aromatic heterocycles. The lowest BCUT2D eigenvalue weighted by molar-refractivity contribution is 0.640. The first-order chi connectivity index (χ1) is 10.2. The fraction of sp³-hybridized carbons (Fsp3) is 0. The van der Waals surface area contributed by atoms with E-state index in [-0.39, 0.29) is 5.82 Å². The molecular formula is C16H10FN3S. The van der Waals surface area contributed by atoms with Crippen LogP contribution in [0.2, 0.25) is 0 Å². The van der Waals surface area contributed by atoms with E-state index in [0.717, 1.165) is 21.2 Å². The summed E-state index contributed by atoms with van der Waals surface area (Å²) in [5, 5.41) is 4.13. The maximum atomic E-state index is 13.9. The van der Waals surface area contributed by atoms with Gasteiger partial charge in [-0.3, -0.25) is 0 Å². The number of hydrogen-bond acceptors (Lipinski definition) is 4. The third kappa shape index (κ3) is 1.86. The molecule has 2 aromatic carbocycles. The standard InChI is InChI=1S/C16H10FN3S/c17-13-6-5-11(9-3-1-2-4-10(9)13)15-19-14(18)12-7-8-21-16(12)20-15/h1-8H,(H2,18,19,20). The zero-order valence-electron chi connectivity index (χ0n) is 10.9. The van der Waals surface area contributed by atoms with Crippen molar-refractivity contribution in [3.05, 3.63) is 53.7 Å². The van der Waals surface area contributed by atoms with Crippen molar-refractivity contribution in [2.45, 2.75) is 0 Å². The average Bonchev–Trinajstić information content (AvgIpc) is 2.97. The molecule has 0 radical (unpaired) electrons. The van der Waals surface area contributed by atoms with Crippen LogP contribution in [0.1, 0.15) is 0 Å². The van der Waals surface area contributed by atoms with Crippen LogP contribution in [0, 0.1) is 5.82 Å². The Morgan fingerprint density at radius 2 is 1.71 bits per heavy atom. The minimum atomic E-state index is -0.250. The number of nitrogen functional groups attached to an aromatic ring is 1. The maximum Gasteiger partial charge on any atom is 0.163 e. The fourth-order valence-electron chi connectivity index (χ4n) is 2.46. The number of nitrogens with two attached hydrogens (primary N) is 1. The van der Waals surface area contributed by atoms with Crippen LogP contribution >= 0.6 is 11.3 Å². The second-order valence-corrected chi connectivity index (χ2v) is 5.61. The zero-order valence-corrected chi connectivity index (χ0v) is 11.7. The quantitative estimate of drug-likeness (QED) is 0.571. The highest BCUT2D eigenvalue weighted by Gasteiger charge is 2.12. The van der Waals surface area contributed by atoms with Gasteiger partial charge in [0.25, 0.3) is 0 Å². The fourth-order valence-corrected chi connectivity index (χ4v) is 3.23. The molecule has 4 rings (SSSR count). The number of anilines is 1. The van der Waals surface area contributed by atoms with Gasteiger partial charge in [-0.2, -0.15) is 0 Å². The van der Waals surface area contributed by atoms with E-state index in [2.05, 4.69) is 9.97 Å². The third-order valence-electron chi connectivity index (χ3n) is 3.47. The Kier molecular flexibility index (Phi) is 2.62. The summed E-state index contributed by atoms with van der Waals surface area (Å²) in [6, 6.07) is 12.3. The smallest absolute Gasteiger partial charge is 0.163 e. The van der Waals surface area contributed by atoms with E-state index in [1.807, 2.05) is 29.6 Å². The highest BCUT2D eigenvalue weighted by molar-refractivity contribution is 7.16. The number of aromatic nitrogens is 2. The van der Waals surface area contributed by atoms with Gasteiger partial charge < -0.3 is 5.73 Å². The van der Waals surface area contributed by atoms with Crippen LogP contribution in [0.4, 0.5) is 10.2 Å². The number of rotatable bonds is 1. The lowest BCUT2D eigenvalue weighted by Crippen LogP contribution is -1.97. The van der Waals surface area contributed by atoms with Crippen molar-refractivity contribution in [1.29, 1.82) is 0 Å². The first-order valence-corrected chi connectivity index (χ1v) is 7.30. The molecule has 0 fully saturated rings. The van der Waals surface area contributed by atoms with Gasteiger partial charge in [0.2, 0.25) is 0 Å². The molecule has 21 heavy (non-hydrogen) atoms. The van der Waals surface area contributed by atoms with Crippen molar-refractivity contribution < 1.29 is 4.39 Å². The Hall–Kier alpha value is -2.53. The van der Waals surface area contributed by atoms with Crippen molar-refractivity contribution in [2.75, 3.05) is 5.73 Å². The predicted octanol–water partition coefficient (Wildman–Crippen LogP) is 4.23. The van der Waals surface area contributed by atoms with E-state index in [9.17, 15) is 4.39 Å². The summed E-state index contributed by atoms with van der Waals surface area (Å²) >= 11 is 1.51. The minimum absolute atomic E-state index is 0.250. The number of nitrogens with zero attached hydrogens (tertiary/aromatic N) is 2. The summed E-state index contributed by atoms with van der Waals surface area (Å²) in [4.78, 5) is 9.76. The normalized spacial score (nSPS) is 11.3. The molecule has 102 valence electrons. The van der Waals surface area contributed by atoms with Crippen LogP contribution in [0.3, 0.4) is 0 Å². The summed E-state index contributed by atoms with van der Waals surface area (Å²) < 4.78 is 13.9. The van der Waals surface area contributed by atoms with E-state index in [0.29, 0.717) is 17.0 Å². The molecule has 5 heteroatoms. The lowest BCUT2D eigenvalue weighted by atomic mass is 10.0. The second-order valence-electron chi connectivity index (χ2n) is 4.71. The van der Waals surface area contributed by atoms with Gasteiger partial charge in [0.05, 0.1) is 5.39 Å². The van der Waals surface area contributed by atoms with Gasteiger partial charge in [0, 0.05) is 10.9 Å². The molecule has 0 unspecified atom stereocenters. The number of halogens is 1. The number of benzene rings is 2. The van der Waals surface area contributed by atoms with Crippen LogP contribution in [-0.4, -0.2) is 9.97 Å². The Morgan fingerprint density at radius 1 is 0.905 bits per heavy atom. The molecule has 0 saturated heterocycles. The zero-order chi connectivity index (χ0) is 14.4. The maximum absolute atomic E-state index is 13.9. The molecular weight excluding hydrogens is 285 g/mol. The van der Waals surface area contributed by atoms with Crippen LogP contribution in [0.15, 0.2) is 47.8 Å². The Labute approximate surface area is 123 Å². The van der Waals surface area contributed by atoms with E-state index in [1.165, 1.54) is 17.4 Å². The molecule has 0 aliphatic carbocycles. The van der Waals surface area contributed by atoms with Crippen molar-refractivity contribution >= 4 is 38.1 Å². The first-order valence-electron chi connectivity index (χ1n) is 6.42. The predicted molar refractivity (Wildman–Crippen MR) is 84.7 cm³/mol. The van der Waals surface area contributed by atoms with Crippen LogP contribution in [-0.2, 0) is 0 Å². The van der Waals surface area contributed by atoms with Gasteiger partial charge in [-0.05, 0) is 29.0 Å². The topological polar surface area (TPSA) is 51.8 Å². The minimum Gasteiger partial charge on any atom is -0.383 e. The molecule has 0 aliphatic heterocycles. The van der Waals surface area contributed by atoms with Crippen molar-refractivity contribution in [3.63, 3.8) is 0 Å². The van der Waals surface area contributed by atoms with E-state index < -0.39 is 0 Å². The molecule has 0 spiro atoms. The van der Waals surface area contributed by atoms with Crippen LogP contribution in [0.25, 0.3) is 32.4 Å². The molecule has 2 N–H and O–H groups in total. The Bertz CT molecular complexity index is 978. The van der Waals surface area contributed by atoms with Crippen molar-refractivity contribution in [3.8, 4) is 11.4 Å². The molecule has 2 heterocycles. The highest BCUT2D eigenvalue weighted by Crippen LogP contribution is 2.31. The SMILES string of the molecule is Nc1nc(-c2ccc(F)c3ccccc23)nc2sccc12. The molecule has 3 nitrogen and oxygen atoms in total. The van der Waals surface area contributed by atoms with E-state index in [1.54, 1.807) is 12.1 Å². The van der Waals surface area contributed by atoms with Crippen LogP contribution in [0.5, 0.6) is 0 Å². The van der Waals surface area contributed by atoms with Gasteiger partial charge in [0.1, 0.15) is 16.5 Å². The summed E-state index contributed by atoms with van der Waals surface area (Å²) in [7, 11) is 0. The largest absolute Gasteiger partial charge is 0.383 e. The molecule has 0 atom stereocenters. The first kappa shape index (κ1) is 12.2.